The number of fused-ring (bicyclic) bond motifs is 1. The number of nitrogens with zero attached hydrogens (tertiary/aromatic N) is 4. The number of methoxy groups -OCH3 is 1. The molecule has 31 heavy (non-hydrogen) atoms. The summed E-state index contributed by atoms with van der Waals surface area (Å²) in [5.74, 6) is 4.48. The van der Waals surface area contributed by atoms with Gasteiger partial charge in [0.05, 0.1) is 25.0 Å². The molecular weight excluding hydrogens is 392 g/mol. The average molecular weight is 414 g/mol. The minimum Gasteiger partial charge on any atom is -0.488 e. The molecule has 0 radical (unpaired) electrons. The van der Waals surface area contributed by atoms with Crippen molar-refractivity contribution in [2.75, 3.05) is 26.9 Å². The molecule has 4 rings (SSSR count). The van der Waals surface area contributed by atoms with E-state index in [9.17, 15) is 0 Å². The third-order valence-corrected chi connectivity index (χ3v) is 4.64. The SMILES string of the molecule is C#Cc1cccc(-c2ncc3cc(OCCn4ccnc4)c(OCCOC)cc3n2)c1. The Labute approximate surface area is 180 Å². The van der Waals surface area contributed by atoms with Crippen molar-refractivity contribution >= 4 is 10.9 Å². The molecular formula is C24H22N4O3. The number of imidazole rings is 1. The topological polar surface area (TPSA) is 71.3 Å². The molecule has 0 saturated heterocycles. The molecule has 0 bridgehead atoms. The molecule has 0 amide bonds. The monoisotopic (exact) mass is 414 g/mol. The van der Waals surface area contributed by atoms with Crippen LogP contribution < -0.4 is 9.47 Å². The van der Waals surface area contributed by atoms with Crippen molar-refractivity contribution in [3.05, 3.63) is 66.9 Å². The average Bonchev–Trinajstić information content (AvgIpc) is 3.32. The number of rotatable bonds is 9. The van der Waals surface area contributed by atoms with Crippen LogP contribution in [0.25, 0.3) is 22.3 Å². The van der Waals surface area contributed by atoms with Crippen molar-refractivity contribution in [3.8, 4) is 35.2 Å². The lowest BCUT2D eigenvalue weighted by molar-refractivity contribution is 0.143. The third-order valence-electron chi connectivity index (χ3n) is 4.64. The molecule has 156 valence electrons. The van der Waals surface area contributed by atoms with Crippen LogP contribution in [0.5, 0.6) is 11.5 Å². The van der Waals surface area contributed by atoms with E-state index in [-0.39, 0.29) is 0 Å². The molecule has 7 heteroatoms. The molecule has 0 saturated carbocycles. The Bertz CT molecular complexity index is 1200. The van der Waals surface area contributed by atoms with E-state index < -0.39 is 0 Å². The summed E-state index contributed by atoms with van der Waals surface area (Å²) < 4.78 is 19.0. The van der Waals surface area contributed by atoms with Crippen molar-refractivity contribution in [3.63, 3.8) is 0 Å². The summed E-state index contributed by atoms with van der Waals surface area (Å²) in [4.78, 5) is 13.3. The van der Waals surface area contributed by atoms with E-state index in [4.69, 9.17) is 25.6 Å². The van der Waals surface area contributed by atoms with Gasteiger partial charge in [0, 0.05) is 48.3 Å². The van der Waals surface area contributed by atoms with E-state index in [2.05, 4.69) is 15.9 Å². The first-order valence-corrected chi connectivity index (χ1v) is 9.85. The third kappa shape index (κ3) is 5.00. The first kappa shape index (κ1) is 20.4. The fourth-order valence-corrected chi connectivity index (χ4v) is 3.07. The minimum absolute atomic E-state index is 0.405. The van der Waals surface area contributed by atoms with E-state index >= 15 is 0 Å². The fourth-order valence-electron chi connectivity index (χ4n) is 3.07. The van der Waals surface area contributed by atoms with Crippen LogP contribution >= 0.6 is 0 Å². The molecule has 2 aromatic heterocycles. The molecule has 0 aliphatic rings. The molecule has 2 aromatic carbocycles. The Morgan fingerprint density at radius 3 is 2.74 bits per heavy atom. The molecule has 0 aliphatic heterocycles. The van der Waals surface area contributed by atoms with Crippen LogP contribution in [-0.4, -0.2) is 46.4 Å². The van der Waals surface area contributed by atoms with Crippen LogP contribution in [0.4, 0.5) is 0 Å². The summed E-state index contributed by atoms with van der Waals surface area (Å²) in [5, 5.41) is 0.855. The Kier molecular flexibility index (Phi) is 6.41. The van der Waals surface area contributed by atoms with Crippen LogP contribution in [0.2, 0.25) is 0 Å². The Morgan fingerprint density at radius 2 is 1.94 bits per heavy atom. The van der Waals surface area contributed by atoms with Gasteiger partial charge in [-0.1, -0.05) is 18.1 Å². The quantitative estimate of drug-likeness (QED) is 0.308. The van der Waals surface area contributed by atoms with Gasteiger partial charge in [0.1, 0.15) is 13.2 Å². The maximum absolute atomic E-state index is 6.00. The standard InChI is InChI=1S/C24H22N4O3/c1-3-18-5-4-6-19(13-18)24-26-16-20-14-22(30-10-9-28-8-7-25-17-28)23(15-21(20)27-24)31-12-11-29-2/h1,4-8,13-17H,9-12H2,2H3. The molecule has 0 aliphatic carbocycles. The molecule has 7 nitrogen and oxygen atoms in total. The fraction of sp³-hybridized carbons (Fsp3) is 0.208. The largest absolute Gasteiger partial charge is 0.488 e. The van der Waals surface area contributed by atoms with Crippen LogP contribution in [0.15, 0.2) is 61.3 Å². The summed E-state index contributed by atoms with van der Waals surface area (Å²) in [6, 6.07) is 11.4. The number of benzene rings is 2. The summed E-state index contributed by atoms with van der Waals surface area (Å²) in [6.45, 7) is 2.03. The second kappa shape index (κ2) is 9.74. The summed E-state index contributed by atoms with van der Waals surface area (Å²) >= 11 is 0. The van der Waals surface area contributed by atoms with Crippen LogP contribution in [0.3, 0.4) is 0 Å². The van der Waals surface area contributed by atoms with Crippen molar-refractivity contribution in [2.24, 2.45) is 0 Å². The molecule has 0 atom stereocenters. The first-order chi connectivity index (χ1) is 15.3. The van der Waals surface area contributed by atoms with E-state index in [0.29, 0.717) is 43.7 Å². The Balaban J connectivity index is 1.62. The number of aromatic nitrogens is 4. The normalized spacial score (nSPS) is 10.7. The predicted molar refractivity (Wildman–Crippen MR) is 118 cm³/mol. The van der Waals surface area contributed by atoms with Crippen molar-refractivity contribution < 1.29 is 14.2 Å². The number of hydrogen-bond acceptors (Lipinski definition) is 6. The zero-order valence-electron chi connectivity index (χ0n) is 17.2. The van der Waals surface area contributed by atoms with Gasteiger partial charge in [0.15, 0.2) is 17.3 Å². The van der Waals surface area contributed by atoms with Gasteiger partial charge in [-0.15, -0.1) is 6.42 Å². The highest BCUT2D eigenvalue weighted by molar-refractivity contribution is 5.83. The van der Waals surface area contributed by atoms with Crippen LogP contribution in [0, 0.1) is 12.3 Å². The van der Waals surface area contributed by atoms with Crippen molar-refractivity contribution in [1.29, 1.82) is 0 Å². The van der Waals surface area contributed by atoms with E-state index in [0.717, 1.165) is 22.0 Å². The first-order valence-electron chi connectivity index (χ1n) is 9.85. The van der Waals surface area contributed by atoms with Gasteiger partial charge in [0.25, 0.3) is 0 Å². The molecule has 0 spiro atoms. The van der Waals surface area contributed by atoms with Gasteiger partial charge in [0.2, 0.25) is 0 Å². The predicted octanol–water partition coefficient (Wildman–Crippen LogP) is 3.58. The lowest BCUT2D eigenvalue weighted by Gasteiger charge is -2.14. The van der Waals surface area contributed by atoms with Gasteiger partial charge in [-0.25, -0.2) is 15.0 Å². The Morgan fingerprint density at radius 1 is 1.06 bits per heavy atom. The van der Waals surface area contributed by atoms with E-state index in [1.54, 1.807) is 25.8 Å². The highest BCUT2D eigenvalue weighted by atomic mass is 16.5. The maximum Gasteiger partial charge on any atom is 0.163 e. The summed E-state index contributed by atoms with van der Waals surface area (Å²) in [7, 11) is 1.64. The maximum atomic E-state index is 6.00. The zero-order valence-corrected chi connectivity index (χ0v) is 17.2. The molecule has 0 unspecified atom stereocenters. The smallest absolute Gasteiger partial charge is 0.163 e. The molecule has 0 fully saturated rings. The number of hydrogen-bond donors (Lipinski definition) is 0. The highest BCUT2D eigenvalue weighted by Gasteiger charge is 2.11. The second-order valence-electron chi connectivity index (χ2n) is 6.77. The number of ether oxygens (including phenoxy) is 3. The summed E-state index contributed by atoms with van der Waals surface area (Å²) in [5.41, 5.74) is 2.40. The van der Waals surface area contributed by atoms with E-state index in [1.165, 1.54) is 0 Å². The lowest BCUT2D eigenvalue weighted by Crippen LogP contribution is -2.09. The van der Waals surface area contributed by atoms with E-state index in [1.807, 2.05) is 47.2 Å². The summed E-state index contributed by atoms with van der Waals surface area (Å²) in [6.07, 6.45) is 12.7. The minimum atomic E-state index is 0.405. The molecule has 0 N–H and O–H groups in total. The van der Waals surface area contributed by atoms with Gasteiger partial charge in [-0.3, -0.25) is 0 Å². The van der Waals surface area contributed by atoms with Gasteiger partial charge < -0.3 is 18.8 Å². The van der Waals surface area contributed by atoms with Crippen molar-refractivity contribution in [2.45, 2.75) is 6.54 Å². The zero-order chi connectivity index (χ0) is 21.5. The highest BCUT2D eigenvalue weighted by Crippen LogP contribution is 2.32. The van der Waals surface area contributed by atoms with Gasteiger partial charge in [-0.05, 0) is 18.2 Å². The van der Waals surface area contributed by atoms with Gasteiger partial charge >= 0.3 is 0 Å². The van der Waals surface area contributed by atoms with Crippen molar-refractivity contribution in [1.82, 2.24) is 19.5 Å². The lowest BCUT2D eigenvalue weighted by atomic mass is 10.1. The number of terminal acetylenes is 1. The molecule has 2 heterocycles. The second-order valence-corrected chi connectivity index (χ2v) is 6.77. The van der Waals surface area contributed by atoms with Crippen LogP contribution in [-0.2, 0) is 11.3 Å². The van der Waals surface area contributed by atoms with Crippen LogP contribution in [0.1, 0.15) is 5.56 Å². The van der Waals surface area contributed by atoms with Gasteiger partial charge in [-0.2, -0.15) is 0 Å². The molecule has 4 aromatic rings. The Hall–Kier alpha value is -3.89.